The summed E-state index contributed by atoms with van der Waals surface area (Å²) in [6.07, 6.45) is 4.42. The van der Waals surface area contributed by atoms with E-state index >= 15 is 0 Å². The van der Waals surface area contributed by atoms with Crippen LogP contribution in [0.25, 0.3) is 0 Å². The van der Waals surface area contributed by atoms with Gasteiger partial charge in [-0.05, 0) is 32.9 Å². The number of nitrogens with zero attached hydrogens (tertiary/aromatic N) is 1. The van der Waals surface area contributed by atoms with E-state index in [1.807, 2.05) is 0 Å². The second kappa shape index (κ2) is 2.51. The molecule has 2 aliphatic rings. The van der Waals surface area contributed by atoms with Crippen LogP contribution in [0.3, 0.4) is 0 Å². The first-order valence-corrected chi connectivity index (χ1v) is 4.20. The normalized spacial score (nSPS) is 41.7. The number of likely N-dealkylation sites (tertiary alicyclic amines) is 1. The molecule has 0 bridgehead atoms. The van der Waals surface area contributed by atoms with Crippen LogP contribution in [0.5, 0.6) is 0 Å². The fourth-order valence-corrected chi connectivity index (χ4v) is 2.12. The molecule has 58 valence electrons. The lowest BCUT2D eigenvalue weighted by Crippen LogP contribution is -2.42. The summed E-state index contributed by atoms with van der Waals surface area (Å²) in [6.45, 7) is 2.25. The first-order valence-electron chi connectivity index (χ1n) is 4.20. The molecule has 0 radical (unpaired) electrons. The number of fused-ring (bicyclic) bond motifs is 1. The van der Waals surface area contributed by atoms with Crippen LogP contribution >= 0.6 is 0 Å². The van der Waals surface area contributed by atoms with Gasteiger partial charge in [-0.1, -0.05) is 0 Å². The molecule has 2 saturated heterocycles. The zero-order valence-electron chi connectivity index (χ0n) is 6.55. The summed E-state index contributed by atoms with van der Waals surface area (Å²) in [4.78, 5) is 2.45. The predicted molar refractivity (Wildman–Crippen MR) is 40.0 cm³/mol. The minimum absolute atomic E-state index is 0.568. The Morgan fingerprint density at radius 2 is 2.30 bits per heavy atom. The molecular formula is C8H15NO. The molecule has 0 N–H and O–H groups in total. The summed E-state index contributed by atoms with van der Waals surface area (Å²) in [5.41, 5.74) is 0. The number of rotatable bonds is 0. The van der Waals surface area contributed by atoms with Crippen LogP contribution in [0.2, 0.25) is 0 Å². The van der Waals surface area contributed by atoms with Gasteiger partial charge in [-0.2, -0.15) is 0 Å². The van der Waals surface area contributed by atoms with Crippen molar-refractivity contribution in [2.24, 2.45) is 0 Å². The molecule has 0 spiro atoms. The van der Waals surface area contributed by atoms with Crippen molar-refractivity contribution < 1.29 is 4.74 Å². The first kappa shape index (κ1) is 6.62. The molecule has 2 fully saturated rings. The van der Waals surface area contributed by atoms with E-state index in [9.17, 15) is 0 Å². The van der Waals surface area contributed by atoms with Gasteiger partial charge in [0.2, 0.25) is 0 Å². The summed E-state index contributed by atoms with van der Waals surface area (Å²) in [7, 11) is 2.21. The highest BCUT2D eigenvalue weighted by Gasteiger charge is 2.33. The van der Waals surface area contributed by atoms with E-state index in [2.05, 4.69) is 11.9 Å². The molecule has 0 amide bonds. The molecule has 0 aromatic carbocycles. The monoisotopic (exact) mass is 141 g/mol. The molecule has 0 aromatic heterocycles. The third kappa shape index (κ3) is 0.956. The minimum atomic E-state index is 0.568. The fraction of sp³-hybridized carbons (Fsp3) is 1.00. The standard InChI is InChI=1S/C8H15NO/c1-9-5-2-3-8-7(9)4-6-10-8/h7-8H,2-6H2,1H3. The van der Waals surface area contributed by atoms with E-state index in [0.717, 1.165) is 12.6 Å². The number of hydrogen-bond acceptors (Lipinski definition) is 2. The van der Waals surface area contributed by atoms with E-state index in [1.165, 1.54) is 25.8 Å². The maximum atomic E-state index is 5.59. The Balaban J connectivity index is 2.03. The van der Waals surface area contributed by atoms with Gasteiger partial charge in [-0.3, -0.25) is 0 Å². The summed E-state index contributed by atoms with van der Waals surface area (Å²) in [5.74, 6) is 0. The van der Waals surface area contributed by atoms with E-state index in [-0.39, 0.29) is 0 Å². The number of piperidine rings is 1. The van der Waals surface area contributed by atoms with Crippen LogP contribution in [0.4, 0.5) is 0 Å². The first-order chi connectivity index (χ1) is 4.88. The second-order valence-corrected chi connectivity index (χ2v) is 3.39. The predicted octanol–water partition coefficient (Wildman–Crippen LogP) is 0.869. The van der Waals surface area contributed by atoms with Crippen molar-refractivity contribution in [2.75, 3.05) is 20.2 Å². The molecule has 2 aliphatic heterocycles. The summed E-state index contributed by atoms with van der Waals surface area (Å²) >= 11 is 0. The zero-order chi connectivity index (χ0) is 6.97. The smallest absolute Gasteiger partial charge is 0.0731 e. The Labute approximate surface area is 62.2 Å². The van der Waals surface area contributed by atoms with Gasteiger partial charge in [0, 0.05) is 12.6 Å². The number of likely N-dealkylation sites (N-methyl/N-ethyl adjacent to an activating group) is 1. The summed E-state index contributed by atoms with van der Waals surface area (Å²) in [6, 6.07) is 0.744. The Morgan fingerprint density at radius 1 is 1.40 bits per heavy atom. The lowest BCUT2D eigenvalue weighted by Gasteiger charge is -2.33. The molecule has 2 atom stereocenters. The molecule has 2 unspecified atom stereocenters. The zero-order valence-corrected chi connectivity index (χ0v) is 6.55. The van der Waals surface area contributed by atoms with Crippen LogP contribution in [0, 0.1) is 0 Å². The van der Waals surface area contributed by atoms with E-state index < -0.39 is 0 Å². The average Bonchev–Trinajstić information content (AvgIpc) is 2.36. The van der Waals surface area contributed by atoms with Gasteiger partial charge in [-0.25, -0.2) is 0 Å². The summed E-state index contributed by atoms with van der Waals surface area (Å²) < 4.78 is 5.59. The highest BCUT2D eigenvalue weighted by atomic mass is 16.5. The molecule has 0 aromatic rings. The number of hydrogen-bond donors (Lipinski definition) is 0. The van der Waals surface area contributed by atoms with Crippen LogP contribution in [-0.4, -0.2) is 37.2 Å². The van der Waals surface area contributed by atoms with Crippen LogP contribution in [-0.2, 0) is 4.74 Å². The molecule has 0 aliphatic carbocycles. The van der Waals surface area contributed by atoms with Crippen molar-refractivity contribution in [1.29, 1.82) is 0 Å². The maximum absolute atomic E-state index is 5.59. The van der Waals surface area contributed by atoms with Crippen molar-refractivity contribution in [1.82, 2.24) is 4.90 Å². The van der Waals surface area contributed by atoms with Gasteiger partial charge in [0.1, 0.15) is 0 Å². The quantitative estimate of drug-likeness (QED) is 0.496. The Bertz CT molecular complexity index is 126. The Kier molecular flexibility index (Phi) is 1.66. The highest BCUT2D eigenvalue weighted by molar-refractivity contribution is 4.87. The SMILES string of the molecule is CN1CCCC2OCCC21. The van der Waals surface area contributed by atoms with E-state index in [0.29, 0.717) is 6.10 Å². The van der Waals surface area contributed by atoms with Crippen molar-refractivity contribution in [2.45, 2.75) is 31.4 Å². The average molecular weight is 141 g/mol. The molecule has 10 heavy (non-hydrogen) atoms. The number of ether oxygens (including phenoxy) is 1. The van der Waals surface area contributed by atoms with Gasteiger partial charge >= 0.3 is 0 Å². The Hall–Kier alpha value is -0.0800. The third-order valence-electron chi connectivity index (χ3n) is 2.74. The van der Waals surface area contributed by atoms with Crippen molar-refractivity contribution >= 4 is 0 Å². The largest absolute Gasteiger partial charge is 0.377 e. The van der Waals surface area contributed by atoms with E-state index in [4.69, 9.17) is 4.74 Å². The maximum Gasteiger partial charge on any atom is 0.0731 e. The van der Waals surface area contributed by atoms with Gasteiger partial charge in [0.05, 0.1) is 6.10 Å². The molecule has 2 heterocycles. The van der Waals surface area contributed by atoms with Gasteiger partial charge < -0.3 is 9.64 Å². The topological polar surface area (TPSA) is 12.5 Å². The Morgan fingerprint density at radius 3 is 3.10 bits per heavy atom. The van der Waals surface area contributed by atoms with Gasteiger partial charge in [0.25, 0.3) is 0 Å². The van der Waals surface area contributed by atoms with Crippen molar-refractivity contribution in [3.63, 3.8) is 0 Å². The second-order valence-electron chi connectivity index (χ2n) is 3.39. The molecular weight excluding hydrogens is 126 g/mol. The van der Waals surface area contributed by atoms with Crippen LogP contribution < -0.4 is 0 Å². The van der Waals surface area contributed by atoms with Crippen molar-refractivity contribution in [3.05, 3.63) is 0 Å². The highest BCUT2D eigenvalue weighted by Crippen LogP contribution is 2.26. The molecule has 2 nitrogen and oxygen atoms in total. The van der Waals surface area contributed by atoms with Crippen LogP contribution in [0.1, 0.15) is 19.3 Å². The fourth-order valence-electron chi connectivity index (χ4n) is 2.12. The lowest BCUT2D eigenvalue weighted by atomic mass is 10.00. The molecule has 2 rings (SSSR count). The molecule has 2 heteroatoms. The lowest BCUT2D eigenvalue weighted by molar-refractivity contribution is 0.0374. The van der Waals surface area contributed by atoms with Gasteiger partial charge in [-0.15, -0.1) is 0 Å². The van der Waals surface area contributed by atoms with E-state index in [1.54, 1.807) is 0 Å². The van der Waals surface area contributed by atoms with Crippen LogP contribution in [0.15, 0.2) is 0 Å². The third-order valence-corrected chi connectivity index (χ3v) is 2.74. The van der Waals surface area contributed by atoms with Crippen molar-refractivity contribution in [3.8, 4) is 0 Å². The van der Waals surface area contributed by atoms with Gasteiger partial charge in [0.15, 0.2) is 0 Å². The summed E-state index contributed by atoms with van der Waals surface area (Å²) in [5, 5.41) is 0. The molecule has 0 saturated carbocycles. The minimum Gasteiger partial charge on any atom is -0.377 e.